The van der Waals surface area contributed by atoms with Crippen molar-refractivity contribution in [2.45, 2.75) is 40.9 Å². The molecule has 0 aliphatic heterocycles. The van der Waals surface area contributed by atoms with E-state index in [0.29, 0.717) is 12.3 Å². The molecule has 4 aromatic rings. The van der Waals surface area contributed by atoms with Crippen molar-refractivity contribution in [3.63, 3.8) is 0 Å². The zero-order valence-electron chi connectivity index (χ0n) is 16.6. The number of nitrogens with one attached hydrogen (secondary N) is 1. The molecule has 1 N–H and O–H groups in total. The van der Waals surface area contributed by atoms with Crippen LogP contribution < -0.4 is 5.32 Å². The number of hydrogen-bond acceptors (Lipinski definition) is 10. The molecule has 0 bridgehead atoms. The highest BCUT2D eigenvalue weighted by Crippen LogP contribution is 2.41. The van der Waals surface area contributed by atoms with Gasteiger partial charge in [-0.15, -0.1) is 32.9 Å². The summed E-state index contributed by atoms with van der Waals surface area (Å²) in [7, 11) is 0. The predicted octanol–water partition coefficient (Wildman–Crippen LogP) is 5.66. The Morgan fingerprint density at radius 3 is 2.77 bits per heavy atom. The molecule has 0 spiro atoms. The monoisotopic (exact) mass is 493 g/mol. The number of aromatic nitrogens is 4. The zero-order valence-corrected chi connectivity index (χ0v) is 20.7. The first-order chi connectivity index (χ1) is 14.5. The molecule has 0 unspecified atom stereocenters. The molecule has 0 aromatic carbocycles. The van der Waals surface area contributed by atoms with Gasteiger partial charge in [-0.05, 0) is 49.0 Å². The maximum atomic E-state index is 11.8. The van der Waals surface area contributed by atoms with E-state index in [0.717, 1.165) is 41.0 Å². The van der Waals surface area contributed by atoms with Crippen molar-refractivity contribution in [3.05, 3.63) is 28.0 Å². The Balaban J connectivity index is 1.58. The molecule has 11 heteroatoms. The van der Waals surface area contributed by atoms with Crippen molar-refractivity contribution in [2.24, 2.45) is 0 Å². The van der Waals surface area contributed by atoms with Crippen LogP contribution in [-0.2, 0) is 4.79 Å². The molecule has 0 radical (unpaired) electrons. The van der Waals surface area contributed by atoms with E-state index in [-0.39, 0.29) is 5.91 Å². The van der Waals surface area contributed by atoms with Gasteiger partial charge in [-0.3, -0.25) is 4.79 Å². The van der Waals surface area contributed by atoms with Crippen LogP contribution >= 0.6 is 57.5 Å². The highest BCUT2D eigenvalue weighted by Gasteiger charge is 2.18. The lowest BCUT2D eigenvalue weighted by molar-refractivity contribution is -0.118. The predicted molar refractivity (Wildman–Crippen MR) is 128 cm³/mol. The second kappa shape index (κ2) is 9.73. The maximum absolute atomic E-state index is 11.8. The van der Waals surface area contributed by atoms with Gasteiger partial charge in [-0.2, -0.15) is 0 Å². The normalized spacial score (nSPS) is 11.3. The molecule has 0 atom stereocenters. The topological polar surface area (TPSA) is 80.7 Å². The molecule has 0 saturated heterocycles. The van der Waals surface area contributed by atoms with Gasteiger partial charge in [0.2, 0.25) is 5.91 Å². The molecule has 0 fully saturated rings. The Labute approximate surface area is 195 Å². The summed E-state index contributed by atoms with van der Waals surface area (Å²) in [5, 5.41) is 15.4. The van der Waals surface area contributed by atoms with Gasteiger partial charge in [0.1, 0.15) is 9.86 Å². The number of rotatable bonds is 8. The average molecular weight is 494 g/mol. The van der Waals surface area contributed by atoms with Crippen molar-refractivity contribution in [3.8, 4) is 10.7 Å². The number of fused-ring (bicyclic) bond motifs is 1. The quantitative estimate of drug-likeness (QED) is 0.251. The number of thiophene rings is 2. The van der Waals surface area contributed by atoms with Gasteiger partial charge in [0.25, 0.3) is 0 Å². The zero-order chi connectivity index (χ0) is 21.1. The molecule has 0 aliphatic carbocycles. The minimum atomic E-state index is 0.0220. The second-order valence-corrected chi connectivity index (χ2v) is 12.0. The van der Waals surface area contributed by atoms with Gasteiger partial charge in [-0.25, -0.2) is 9.97 Å². The molecule has 156 valence electrons. The van der Waals surface area contributed by atoms with Crippen molar-refractivity contribution in [1.82, 2.24) is 25.5 Å². The van der Waals surface area contributed by atoms with E-state index < -0.39 is 0 Å². The standard InChI is InChI=1S/C19H19N5OS5/c1-4-7-20-13(25)9-27-18-23-24-19(30-18)29-17-14-10(2)11(3)28-16(14)21-15(22-17)12-6-5-8-26-12/h5-6,8H,4,7,9H2,1-3H3,(H,20,25). The Morgan fingerprint density at radius 1 is 1.17 bits per heavy atom. The first kappa shape index (κ1) is 21.7. The van der Waals surface area contributed by atoms with Gasteiger partial charge in [0.15, 0.2) is 14.5 Å². The average Bonchev–Trinajstić information content (AvgIpc) is 3.47. The van der Waals surface area contributed by atoms with Crippen LogP contribution in [0, 0.1) is 13.8 Å². The summed E-state index contributed by atoms with van der Waals surface area (Å²) < 4.78 is 1.60. The number of amides is 1. The fourth-order valence-corrected chi connectivity index (χ4v) is 7.32. The summed E-state index contributed by atoms with van der Waals surface area (Å²) in [5.74, 6) is 1.12. The number of carbonyl (C=O) groups excluding carboxylic acids is 1. The Bertz CT molecular complexity index is 1170. The molecular formula is C19H19N5OS5. The Hall–Kier alpha value is -1.53. The largest absolute Gasteiger partial charge is 0.355 e. The minimum absolute atomic E-state index is 0.0220. The van der Waals surface area contributed by atoms with Crippen LogP contribution in [0.4, 0.5) is 0 Å². The van der Waals surface area contributed by atoms with Crippen molar-refractivity contribution in [1.29, 1.82) is 0 Å². The number of hydrogen-bond donors (Lipinski definition) is 1. The lowest BCUT2D eigenvalue weighted by Gasteiger charge is -2.04. The number of aryl methyl sites for hydroxylation is 2. The Kier molecular flexibility index (Phi) is 7.04. The van der Waals surface area contributed by atoms with Crippen molar-refractivity contribution < 1.29 is 4.79 Å². The molecular weight excluding hydrogens is 475 g/mol. The van der Waals surface area contributed by atoms with Crippen LogP contribution in [0.3, 0.4) is 0 Å². The van der Waals surface area contributed by atoms with Crippen LogP contribution in [0.15, 0.2) is 31.2 Å². The third kappa shape index (κ3) is 4.86. The van der Waals surface area contributed by atoms with Crippen LogP contribution in [0.1, 0.15) is 23.8 Å². The summed E-state index contributed by atoms with van der Waals surface area (Å²) in [6.07, 6.45) is 0.929. The summed E-state index contributed by atoms with van der Waals surface area (Å²) in [6, 6.07) is 4.05. The second-order valence-electron chi connectivity index (χ2n) is 6.37. The smallest absolute Gasteiger partial charge is 0.230 e. The van der Waals surface area contributed by atoms with E-state index in [1.54, 1.807) is 22.7 Å². The van der Waals surface area contributed by atoms with Gasteiger partial charge in [-0.1, -0.05) is 36.1 Å². The van der Waals surface area contributed by atoms with E-state index in [1.807, 2.05) is 24.4 Å². The molecule has 4 rings (SSSR count). The molecule has 0 saturated carbocycles. The molecule has 1 amide bonds. The summed E-state index contributed by atoms with van der Waals surface area (Å²) >= 11 is 7.75. The molecule has 0 aliphatic rings. The highest BCUT2D eigenvalue weighted by molar-refractivity contribution is 8.03. The van der Waals surface area contributed by atoms with Crippen LogP contribution in [-0.4, -0.2) is 38.4 Å². The number of thioether (sulfide) groups is 1. The first-order valence-electron chi connectivity index (χ1n) is 9.27. The van der Waals surface area contributed by atoms with Gasteiger partial charge in [0, 0.05) is 16.8 Å². The SMILES string of the molecule is CCCNC(=O)CSc1nnc(Sc2nc(-c3cccs3)nc3sc(C)c(C)c23)s1. The molecule has 4 heterocycles. The molecule has 6 nitrogen and oxygen atoms in total. The van der Waals surface area contributed by atoms with Crippen molar-refractivity contribution >= 4 is 73.7 Å². The number of nitrogens with zero attached hydrogens (tertiary/aromatic N) is 4. The molecule has 4 aromatic heterocycles. The van der Waals surface area contributed by atoms with E-state index in [1.165, 1.54) is 45.3 Å². The molecule has 30 heavy (non-hydrogen) atoms. The van der Waals surface area contributed by atoms with Gasteiger partial charge < -0.3 is 5.32 Å². The van der Waals surface area contributed by atoms with E-state index in [2.05, 4.69) is 29.4 Å². The maximum Gasteiger partial charge on any atom is 0.230 e. The summed E-state index contributed by atoms with van der Waals surface area (Å²) in [4.78, 5) is 24.8. The third-order valence-electron chi connectivity index (χ3n) is 4.21. The third-order valence-corrected chi connectivity index (χ3v) is 9.27. The van der Waals surface area contributed by atoms with Crippen molar-refractivity contribution in [2.75, 3.05) is 12.3 Å². The van der Waals surface area contributed by atoms with Gasteiger partial charge in [0.05, 0.1) is 10.6 Å². The highest BCUT2D eigenvalue weighted by atomic mass is 32.2. The van der Waals surface area contributed by atoms with Crippen LogP contribution in [0.25, 0.3) is 20.9 Å². The van der Waals surface area contributed by atoms with E-state index >= 15 is 0 Å². The van der Waals surface area contributed by atoms with Crippen LogP contribution in [0.5, 0.6) is 0 Å². The minimum Gasteiger partial charge on any atom is -0.355 e. The summed E-state index contributed by atoms with van der Waals surface area (Å²) in [5.41, 5.74) is 1.21. The number of carbonyl (C=O) groups is 1. The lowest BCUT2D eigenvalue weighted by Crippen LogP contribution is -2.25. The first-order valence-corrected chi connectivity index (χ1v) is 13.6. The summed E-state index contributed by atoms with van der Waals surface area (Å²) in [6.45, 7) is 6.96. The fraction of sp³-hybridized carbons (Fsp3) is 0.316. The van der Waals surface area contributed by atoms with E-state index in [4.69, 9.17) is 9.97 Å². The van der Waals surface area contributed by atoms with Crippen LogP contribution in [0.2, 0.25) is 0 Å². The van der Waals surface area contributed by atoms with E-state index in [9.17, 15) is 4.79 Å². The fourth-order valence-electron chi connectivity index (χ4n) is 2.62. The van der Waals surface area contributed by atoms with Gasteiger partial charge >= 0.3 is 0 Å². The lowest BCUT2D eigenvalue weighted by atomic mass is 10.2. The Morgan fingerprint density at radius 2 is 2.00 bits per heavy atom.